The Bertz CT molecular complexity index is 974. The Morgan fingerprint density at radius 1 is 1.25 bits per heavy atom. The maximum Gasteiger partial charge on any atom is 0.277 e. The summed E-state index contributed by atoms with van der Waals surface area (Å²) in [5.74, 6) is -0.910. The fourth-order valence-corrected chi connectivity index (χ4v) is 2.36. The molecule has 2 aromatic carbocycles. The summed E-state index contributed by atoms with van der Waals surface area (Å²) < 4.78 is 14.2. The summed E-state index contributed by atoms with van der Waals surface area (Å²) in [4.78, 5) is 24.2. The molecule has 0 radical (unpaired) electrons. The molecule has 0 fully saturated rings. The Morgan fingerprint density at radius 3 is 2.83 bits per heavy atom. The van der Waals surface area contributed by atoms with Gasteiger partial charge >= 0.3 is 0 Å². The van der Waals surface area contributed by atoms with Crippen molar-refractivity contribution in [2.24, 2.45) is 0 Å². The molecular formula is C16H12ClFN4O2. The lowest BCUT2D eigenvalue weighted by Gasteiger charge is -2.07. The van der Waals surface area contributed by atoms with Crippen LogP contribution < -0.4 is 10.9 Å². The van der Waals surface area contributed by atoms with Crippen LogP contribution in [0.2, 0.25) is 5.02 Å². The molecule has 0 atom stereocenters. The summed E-state index contributed by atoms with van der Waals surface area (Å²) in [5.41, 5.74) is 0.575. The van der Waals surface area contributed by atoms with E-state index in [9.17, 15) is 14.0 Å². The highest BCUT2D eigenvalue weighted by molar-refractivity contribution is 6.31. The molecule has 1 aromatic heterocycles. The van der Waals surface area contributed by atoms with Crippen LogP contribution in [0.3, 0.4) is 0 Å². The van der Waals surface area contributed by atoms with Crippen LogP contribution in [0.25, 0.3) is 10.9 Å². The third-order valence-electron chi connectivity index (χ3n) is 3.38. The molecule has 1 N–H and O–H groups in total. The average molecular weight is 347 g/mol. The number of anilines is 1. The van der Waals surface area contributed by atoms with Crippen LogP contribution in [0.5, 0.6) is 0 Å². The van der Waals surface area contributed by atoms with E-state index in [-0.39, 0.29) is 29.5 Å². The normalized spacial score (nSPS) is 10.8. The Labute approximate surface area is 140 Å². The van der Waals surface area contributed by atoms with Crippen LogP contribution in [-0.2, 0) is 11.3 Å². The van der Waals surface area contributed by atoms with E-state index in [0.29, 0.717) is 16.6 Å². The molecule has 3 aromatic rings. The van der Waals surface area contributed by atoms with Gasteiger partial charge in [-0.15, -0.1) is 5.10 Å². The fraction of sp³-hybridized carbons (Fsp3) is 0.125. The van der Waals surface area contributed by atoms with E-state index in [1.807, 2.05) is 0 Å². The van der Waals surface area contributed by atoms with Gasteiger partial charge in [-0.3, -0.25) is 9.59 Å². The molecule has 0 bridgehead atoms. The summed E-state index contributed by atoms with van der Waals surface area (Å²) >= 11 is 5.66. The van der Waals surface area contributed by atoms with Crippen molar-refractivity contribution in [3.8, 4) is 0 Å². The van der Waals surface area contributed by atoms with Gasteiger partial charge in [-0.1, -0.05) is 28.9 Å². The quantitative estimate of drug-likeness (QED) is 0.787. The van der Waals surface area contributed by atoms with Crippen LogP contribution in [0, 0.1) is 5.82 Å². The van der Waals surface area contributed by atoms with Crippen LogP contribution >= 0.6 is 11.6 Å². The molecule has 24 heavy (non-hydrogen) atoms. The minimum Gasteiger partial charge on any atom is -0.326 e. The first-order valence-corrected chi connectivity index (χ1v) is 7.50. The topological polar surface area (TPSA) is 76.9 Å². The summed E-state index contributed by atoms with van der Waals surface area (Å²) in [6, 6.07) is 10.7. The summed E-state index contributed by atoms with van der Waals surface area (Å²) in [6.07, 6.45) is 0.0158. The van der Waals surface area contributed by atoms with Gasteiger partial charge in [0.1, 0.15) is 11.3 Å². The van der Waals surface area contributed by atoms with Crippen molar-refractivity contribution >= 4 is 34.1 Å². The number of amides is 1. The van der Waals surface area contributed by atoms with Crippen molar-refractivity contribution in [1.82, 2.24) is 15.0 Å². The van der Waals surface area contributed by atoms with Crippen LogP contribution in [0.1, 0.15) is 6.42 Å². The lowest BCUT2D eigenvalue weighted by molar-refractivity contribution is -0.116. The standard InChI is InChI=1S/C16H12ClFN4O2/c17-12-9-10(5-6-13(12)18)19-15(23)7-8-22-16(24)11-3-1-2-4-14(11)20-21-22/h1-6,9H,7-8H2,(H,19,23). The van der Waals surface area contributed by atoms with E-state index < -0.39 is 5.82 Å². The summed E-state index contributed by atoms with van der Waals surface area (Å²) in [7, 11) is 0. The Balaban J connectivity index is 1.69. The number of carbonyl (C=O) groups is 1. The number of halogens is 2. The van der Waals surface area contributed by atoms with Crippen molar-refractivity contribution < 1.29 is 9.18 Å². The van der Waals surface area contributed by atoms with Crippen molar-refractivity contribution in [3.05, 3.63) is 63.7 Å². The van der Waals surface area contributed by atoms with Crippen molar-refractivity contribution in [2.45, 2.75) is 13.0 Å². The van der Waals surface area contributed by atoms with Gasteiger partial charge < -0.3 is 5.32 Å². The predicted octanol–water partition coefficient (Wildman–Crippen LogP) is 2.61. The van der Waals surface area contributed by atoms with Gasteiger partial charge in [0.05, 0.1) is 17.0 Å². The number of benzene rings is 2. The number of hydrogen-bond donors (Lipinski definition) is 1. The highest BCUT2D eigenvalue weighted by Gasteiger charge is 2.09. The van der Waals surface area contributed by atoms with E-state index in [1.165, 1.54) is 12.1 Å². The van der Waals surface area contributed by atoms with Crippen molar-refractivity contribution in [2.75, 3.05) is 5.32 Å². The highest BCUT2D eigenvalue weighted by atomic mass is 35.5. The van der Waals surface area contributed by atoms with Crippen LogP contribution in [0.15, 0.2) is 47.3 Å². The molecule has 1 heterocycles. The largest absolute Gasteiger partial charge is 0.326 e. The number of nitrogens with one attached hydrogen (secondary N) is 1. The molecule has 3 rings (SSSR count). The predicted molar refractivity (Wildman–Crippen MR) is 88.5 cm³/mol. The number of carbonyl (C=O) groups excluding carboxylic acids is 1. The third-order valence-corrected chi connectivity index (χ3v) is 3.67. The first-order chi connectivity index (χ1) is 11.5. The molecule has 8 heteroatoms. The Hall–Kier alpha value is -2.80. The SMILES string of the molecule is O=C(CCn1nnc2ccccc2c1=O)Nc1ccc(F)c(Cl)c1. The lowest BCUT2D eigenvalue weighted by atomic mass is 10.2. The third kappa shape index (κ3) is 3.41. The zero-order valence-electron chi connectivity index (χ0n) is 12.4. The number of nitrogens with zero attached hydrogens (tertiary/aromatic N) is 3. The van der Waals surface area contributed by atoms with Gasteiger partial charge in [-0.2, -0.15) is 0 Å². The van der Waals surface area contributed by atoms with E-state index in [4.69, 9.17) is 11.6 Å². The Morgan fingerprint density at radius 2 is 2.04 bits per heavy atom. The number of fused-ring (bicyclic) bond motifs is 1. The summed E-state index contributed by atoms with van der Waals surface area (Å²) in [6.45, 7) is 0.0808. The first kappa shape index (κ1) is 16.1. The second kappa shape index (κ2) is 6.76. The molecule has 0 aliphatic heterocycles. The summed E-state index contributed by atoms with van der Waals surface area (Å²) in [5, 5.41) is 10.7. The zero-order valence-corrected chi connectivity index (χ0v) is 13.1. The average Bonchev–Trinajstić information content (AvgIpc) is 2.58. The molecule has 122 valence electrons. The van der Waals surface area contributed by atoms with E-state index >= 15 is 0 Å². The Kier molecular flexibility index (Phi) is 4.52. The van der Waals surface area contributed by atoms with Gasteiger partial charge in [0, 0.05) is 12.1 Å². The molecule has 6 nitrogen and oxygen atoms in total. The lowest BCUT2D eigenvalue weighted by Crippen LogP contribution is -2.26. The molecule has 0 aliphatic rings. The highest BCUT2D eigenvalue weighted by Crippen LogP contribution is 2.19. The van der Waals surface area contributed by atoms with Gasteiger partial charge in [-0.25, -0.2) is 9.07 Å². The maximum absolute atomic E-state index is 13.1. The first-order valence-electron chi connectivity index (χ1n) is 7.12. The smallest absolute Gasteiger partial charge is 0.277 e. The monoisotopic (exact) mass is 346 g/mol. The number of rotatable bonds is 4. The molecule has 0 aliphatic carbocycles. The second-order valence-corrected chi connectivity index (χ2v) is 5.47. The van der Waals surface area contributed by atoms with E-state index in [2.05, 4.69) is 15.6 Å². The van der Waals surface area contributed by atoms with Crippen molar-refractivity contribution in [3.63, 3.8) is 0 Å². The van der Waals surface area contributed by atoms with Crippen molar-refractivity contribution in [1.29, 1.82) is 0 Å². The molecule has 0 saturated carbocycles. The molecule has 0 spiro atoms. The second-order valence-electron chi connectivity index (χ2n) is 5.06. The molecule has 1 amide bonds. The van der Waals surface area contributed by atoms with Crippen LogP contribution in [-0.4, -0.2) is 20.9 Å². The molecular weight excluding hydrogens is 335 g/mol. The molecule has 0 unspecified atom stereocenters. The van der Waals surface area contributed by atoms with E-state index in [1.54, 1.807) is 24.3 Å². The van der Waals surface area contributed by atoms with Gasteiger partial charge in [0.2, 0.25) is 5.91 Å². The number of hydrogen-bond acceptors (Lipinski definition) is 4. The fourth-order valence-electron chi connectivity index (χ4n) is 2.17. The minimum atomic E-state index is -0.562. The number of aryl methyl sites for hydroxylation is 1. The van der Waals surface area contributed by atoms with Gasteiger partial charge in [0.25, 0.3) is 5.56 Å². The van der Waals surface area contributed by atoms with Gasteiger partial charge in [0.15, 0.2) is 0 Å². The van der Waals surface area contributed by atoms with Crippen LogP contribution in [0.4, 0.5) is 10.1 Å². The zero-order chi connectivity index (χ0) is 17.1. The van der Waals surface area contributed by atoms with E-state index in [0.717, 1.165) is 10.7 Å². The number of aromatic nitrogens is 3. The minimum absolute atomic E-state index is 0.0158. The molecule has 0 saturated heterocycles. The van der Waals surface area contributed by atoms with Gasteiger partial charge in [-0.05, 0) is 30.3 Å². The maximum atomic E-state index is 13.1.